The number of nitrogens with zero attached hydrogens (tertiary/aromatic N) is 4. The first-order valence-corrected chi connectivity index (χ1v) is 21.4. The van der Waals surface area contributed by atoms with E-state index in [-0.39, 0.29) is 32.4 Å². The summed E-state index contributed by atoms with van der Waals surface area (Å²) in [5.41, 5.74) is 18.6. The van der Waals surface area contributed by atoms with Crippen LogP contribution in [0.3, 0.4) is 0 Å². The van der Waals surface area contributed by atoms with Crippen LogP contribution in [0, 0.1) is 12.1 Å². The zero-order valence-electron chi connectivity index (χ0n) is 32.4. The predicted molar refractivity (Wildman–Crippen MR) is 236 cm³/mol. The second-order valence-electron chi connectivity index (χ2n) is 16.3. The first-order valence-electron chi connectivity index (χ1n) is 20.5. The van der Waals surface area contributed by atoms with E-state index in [1.54, 1.807) is 0 Å². The molecule has 2 unspecified atom stereocenters. The number of fused-ring (bicyclic) bond motifs is 20. The minimum Gasteiger partial charge on any atom is -0.509 e. The van der Waals surface area contributed by atoms with Crippen LogP contribution in [-0.4, -0.2) is 24.8 Å². The average molecular weight is 980 g/mol. The van der Waals surface area contributed by atoms with Crippen molar-refractivity contribution in [3.8, 4) is 56.4 Å². The van der Waals surface area contributed by atoms with Gasteiger partial charge in [0.05, 0.1) is 34.6 Å². The Hall–Kier alpha value is -6.46. The molecule has 0 N–H and O–H groups in total. The summed E-state index contributed by atoms with van der Waals surface area (Å²) in [7, 11) is 0. The number of hydrogen-bond acceptors (Lipinski definition) is 4. The monoisotopic (exact) mass is 979 g/mol. The Morgan fingerprint density at radius 1 is 0.492 bits per heavy atom. The zero-order valence-corrected chi connectivity index (χ0v) is 35.5. The van der Waals surface area contributed by atoms with Crippen LogP contribution in [0.25, 0.3) is 44.9 Å². The molecule has 5 aliphatic rings. The first kappa shape index (κ1) is 35.3. The molecule has 0 bridgehead atoms. The van der Waals surface area contributed by atoms with E-state index >= 15 is 0 Å². The summed E-state index contributed by atoms with van der Waals surface area (Å²) in [6.45, 7) is 0. The van der Waals surface area contributed by atoms with Crippen LogP contribution >= 0.6 is 11.8 Å². The molecule has 2 atom stereocenters. The molecular weight excluding hydrogens is 948 g/mol. The van der Waals surface area contributed by atoms with Gasteiger partial charge < -0.3 is 4.74 Å². The van der Waals surface area contributed by atoms with Gasteiger partial charge in [-0.3, -0.25) is 9.36 Å². The van der Waals surface area contributed by atoms with Gasteiger partial charge in [0.2, 0.25) is 0 Å². The predicted octanol–water partition coefficient (Wildman–Crippen LogP) is 11.8. The number of benzene rings is 7. The Balaban J connectivity index is 0.00000381. The number of hydrogen-bond donors (Lipinski definition) is 0. The van der Waals surface area contributed by atoms with Crippen LogP contribution in [-0.2, 0) is 31.9 Å². The second kappa shape index (κ2) is 12.8. The fourth-order valence-electron chi connectivity index (χ4n) is 11.6. The van der Waals surface area contributed by atoms with Crippen LogP contribution in [0.5, 0.6) is 11.5 Å². The van der Waals surface area contributed by atoms with E-state index in [9.17, 15) is 0 Å². The summed E-state index contributed by atoms with van der Waals surface area (Å²) in [5, 5.41) is 12.8. The Bertz CT molecular complexity index is 3250. The molecule has 9 aromatic rings. The van der Waals surface area contributed by atoms with Crippen molar-refractivity contribution in [2.24, 2.45) is 0 Å². The standard InChI is InChI=1S/C54H32N4OS.Pt/c1-6-22-43-37(17-1)38-18-2-7-23-44(38)53(43)47-26-10-5-21-41(47)50-48(53)31-55-57(50)33-13-11-15-35(29-33)59-36-16-12-14-34(30-36)58-51-42-27-28-60-52(42)54(49(51)32-56-58)45-24-8-3-19-39(45)40-20-4-9-25-46(40)54;/h1-28,31-32,42,52H;/q-2;+2. The van der Waals surface area contributed by atoms with E-state index < -0.39 is 5.41 Å². The molecule has 5 nitrogen and oxygen atoms in total. The summed E-state index contributed by atoms with van der Waals surface area (Å²) in [6.07, 6.45) is 6.53. The van der Waals surface area contributed by atoms with Crippen molar-refractivity contribution in [1.82, 2.24) is 19.6 Å². The Morgan fingerprint density at radius 2 is 0.967 bits per heavy atom. The van der Waals surface area contributed by atoms with Crippen molar-refractivity contribution in [2.75, 3.05) is 0 Å². The van der Waals surface area contributed by atoms with Gasteiger partial charge in [0, 0.05) is 39.4 Å². The van der Waals surface area contributed by atoms with Gasteiger partial charge in [0.25, 0.3) is 0 Å². The Morgan fingerprint density at radius 3 is 1.57 bits per heavy atom. The van der Waals surface area contributed by atoms with E-state index in [4.69, 9.17) is 14.9 Å². The van der Waals surface area contributed by atoms with Gasteiger partial charge >= 0.3 is 21.1 Å². The number of aromatic nitrogens is 4. The van der Waals surface area contributed by atoms with Crippen LogP contribution in [0.4, 0.5) is 0 Å². The third-order valence-electron chi connectivity index (χ3n) is 13.7. The summed E-state index contributed by atoms with van der Waals surface area (Å²) >= 11 is 1.94. The van der Waals surface area contributed by atoms with E-state index in [1.807, 2.05) is 40.7 Å². The average Bonchev–Trinajstić information content (AvgIpc) is 4.17. The third-order valence-corrected chi connectivity index (χ3v) is 15.0. The van der Waals surface area contributed by atoms with Gasteiger partial charge in [-0.15, -0.1) is 48.2 Å². The van der Waals surface area contributed by atoms with Crippen molar-refractivity contribution in [1.29, 1.82) is 0 Å². The normalized spacial score (nSPS) is 17.8. The SMILES string of the molecule is [Pt+2].[c-]1c(Oc2[c-]c(-n3ncc4c3C3C=CSC3C43c4ccccc4-c4ccccc43)ccc2)cccc1-n1ncc2c1-c1ccccc1C21c2ccccc2-c2ccccc21. The van der Waals surface area contributed by atoms with Crippen molar-refractivity contribution < 1.29 is 25.8 Å². The van der Waals surface area contributed by atoms with Gasteiger partial charge in [-0.2, -0.15) is 22.3 Å². The topological polar surface area (TPSA) is 44.9 Å². The molecule has 0 saturated carbocycles. The van der Waals surface area contributed by atoms with E-state index in [2.05, 4.69) is 174 Å². The minimum absolute atomic E-state index is 0. The van der Waals surface area contributed by atoms with Crippen molar-refractivity contribution in [3.63, 3.8) is 0 Å². The smallest absolute Gasteiger partial charge is 0.509 e. The molecule has 0 fully saturated rings. The molecule has 3 heterocycles. The fourth-order valence-corrected chi connectivity index (χ4v) is 13.0. The van der Waals surface area contributed by atoms with E-state index in [0.717, 1.165) is 17.1 Å². The minimum atomic E-state index is -0.454. The molecule has 2 spiro atoms. The number of ether oxygens (including phenoxy) is 1. The molecule has 61 heavy (non-hydrogen) atoms. The van der Waals surface area contributed by atoms with Gasteiger partial charge in [-0.1, -0.05) is 127 Å². The van der Waals surface area contributed by atoms with Crippen molar-refractivity contribution in [2.45, 2.75) is 22.0 Å². The first-order chi connectivity index (χ1) is 29.8. The van der Waals surface area contributed by atoms with Crippen LogP contribution < -0.4 is 4.74 Å². The maximum atomic E-state index is 6.61. The van der Waals surface area contributed by atoms with Gasteiger partial charge in [0.1, 0.15) is 0 Å². The van der Waals surface area contributed by atoms with E-state index in [0.29, 0.717) is 16.7 Å². The maximum Gasteiger partial charge on any atom is 2.00 e. The van der Waals surface area contributed by atoms with Gasteiger partial charge in [-0.25, -0.2) is 0 Å². The molecule has 0 saturated heterocycles. The molecule has 7 aromatic carbocycles. The van der Waals surface area contributed by atoms with Crippen molar-refractivity contribution in [3.05, 3.63) is 238 Å². The quantitative estimate of drug-likeness (QED) is 0.165. The molecule has 2 aromatic heterocycles. The van der Waals surface area contributed by atoms with E-state index in [1.165, 1.54) is 72.5 Å². The van der Waals surface area contributed by atoms with Crippen LogP contribution in [0.2, 0.25) is 0 Å². The number of rotatable bonds is 4. The summed E-state index contributed by atoms with van der Waals surface area (Å²) in [6, 6.07) is 63.5. The molecule has 7 heteroatoms. The van der Waals surface area contributed by atoms with Gasteiger partial charge in [0.15, 0.2) is 0 Å². The molecule has 0 radical (unpaired) electrons. The molecule has 14 rings (SSSR count). The molecule has 290 valence electrons. The Kier molecular flexibility index (Phi) is 7.40. The van der Waals surface area contributed by atoms with Gasteiger partial charge in [-0.05, 0) is 66.9 Å². The molecular formula is C54H32N4OPtS. The Labute approximate surface area is 371 Å². The maximum absolute atomic E-state index is 6.61. The van der Waals surface area contributed by atoms with Crippen LogP contribution in [0.1, 0.15) is 50.6 Å². The second-order valence-corrected chi connectivity index (χ2v) is 17.3. The summed E-state index contributed by atoms with van der Waals surface area (Å²) in [4.78, 5) is 0. The van der Waals surface area contributed by atoms with Crippen LogP contribution in [0.15, 0.2) is 182 Å². The zero-order chi connectivity index (χ0) is 39.2. The fraction of sp³-hybridized carbons (Fsp3) is 0.0741. The number of allylic oxidation sites excluding steroid dienone is 1. The summed E-state index contributed by atoms with van der Waals surface area (Å²) < 4.78 is 10.7. The largest absolute Gasteiger partial charge is 2.00 e. The number of thioether (sulfide) groups is 1. The summed E-state index contributed by atoms with van der Waals surface area (Å²) in [5.74, 6) is 1.37. The molecule has 0 amide bonds. The third kappa shape index (κ3) is 4.36. The molecule has 1 aliphatic heterocycles. The van der Waals surface area contributed by atoms with Crippen molar-refractivity contribution >= 4 is 11.8 Å². The molecule has 4 aliphatic carbocycles.